The van der Waals surface area contributed by atoms with Crippen LogP contribution in [0, 0.1) is 5.82 Å². The number of para-hydroxylation sites is 1. The second kappa shape index (κ2) is 8.60. The molecular weight excluding hydrogens is 333 g/mol. The van der Waals surface area contributed by atoms with Crippen molar-refractivity contribution >= 4 is 17.7 Å². The van der Waals surface area contributed by atoms with E-state index in [-0.39, 0.29) is 5.82 Å². The zero-order valence-electron chi connectivity index (χ0n) is 14.4. The molecule has 0 unspecified atom stereocenters. The smallest absolute Gasteiger partial charge is 0.267 e. The SMILES string of the molecule is O=C(C=Cc1ccc(CN2CCN(c3ccccc3F)CC2)cc1)NO. The van der Waals surface area contributed by atoms with Crippen LogP contribution in [0.2, 0.25) is 0 Å². The Balaban J connectivity index is 1.52. The highest BCUT2D eigenvalue weighted by Crippen LogP contribution is 2.20. The normalized spacial score (nSPS) is 15.4. The number of nitrogens with zero attached hydrogens (tertiary/aromatic N) is 2. The number of piperazine rings is 1. The van der Waals surface area contributed by atoms with E-state index >= 15 is 0 Å². The molecule has 1 amide bonds. The quantitative estimate of drug-likeness (QED) is 0.492. The first-order valence-corrected chi connectivity index (χ1v) is 8.58. The largest absolute Gasteiger partial charge is 0.367 e. The summed E-state index contributed by atoms with van der Waals surface area (Å²) < 4.78 is 13.9. The third kappa shape index (κ3) is 4.68. The zero-order valence-corrected chi connectivity index (χ0v) is 14.4. The van der Waals surface area contributed by atoms with Crippen molar-refractivity contribution in [2.75, 3.05) is 31.1 Å². The van der Waals surface area contributed by atoms with Crippen molar-refractivity contribution in [2.45, 2.75) is 6.54 Å². The summed E-state index contributed by atoms with van der Waals surface area (Å²) in [5.41, 5.74) is 4.31. The van der Waals surface area contributed by atoms with Gasteiger partial charge in [0.1, 0.15) is 5.82 Å². The van der Waals surface area contributed by atoms with Gasteiger partial charge in [-0.15, -0.1) is 0 Å². The number of hydrogen-bond acceptors (Lipinski definition) is 4. The Bertz CT molecular complexity index is 769. The summed E-state index contributed by atoms with van der Waals surface area (Å²) in [7, 11) is 0. The topological polar surface area (TPSA) is 55.8 Å². The van der Waals surface area contributed by atoms with Gasteiger partial charge in [0.15, 0.2) is 0 Å². The number of anilines is 1. The first-order valence-electron chi connectivity index (χ1n) is 8.58. The molecule has 2 aromatic carbocycles. The number of carbonyl (C=O) groups is 1. The summed E-state index contributed by atoms with van der Waals surface area (Å²) in [6.45, 7) is 4.21. The highest BCUT2D eigenvalue weighted by atomic mass is 19.1. The Labute approximate surface area is 152 Å². The van der Waals surface area contributed by atoms with Crippen molar-refractivity contribution in [3.63, 3.8) is 0 Å². The van der Waals surface area contributed by atoms with Crippen LogP contribution in [-0.4, -0.2) is 42.2 Å². The van der Waals surface area contributed by atoms with Gasteiger partial charge in [-0.25, -0.2) is 9.87 Å². The van der Waals surface area contributed by atoms with Crippen LogP contribution in [0.25, 0.3) is 6.08 Å². The third-order valence-electron chi connectivity index (χ3n) is 4.49. The molecule has 1 heterocycles. The highest BCUT2D eigenvalue weighted by Gasteiger charge is 2.19. The van der Waals surface area contributed by atoms with Crippen molar-refractivity contribution < 1.29 is 14.4 Å². The first-order chi connectivity index (χ1) is 12.7. The van der Waals surface area contributed by atoms with E-state index in [1.807, 2.05) is 36.4 Å². The number of nitrogens with one attached hydrogen (secondary N) is 1. The molecule has 1 aliphatic heterocycles. The third-order valence-corrected chi connectivity index (χ3v) is 4.49. The van der Waals surface area contributed by atoms with Crippen LogP contribution >= 0.6 is 0 Å². The molecule has 2 aromatic rings. The van der Waals surface area contributed by atoms with E-state index in [1.165, 1.54) is 17.7 Å². The average Bonchev–Trinajstić information content (AvgIpc) is 2.68. The summed E-state index contributed by atoms with van der Waals surface area (Å²) in [6.07, 6.45) is 2.92. The lowest BCUT2D eigenvalue weighted by Crippen LogP contribution is -2.46. The van der Waals surface area contributed by atoms with Gasteiger partial charge in [0.2, 0.25) is 0 Å². The van der Waals surface area contributed by atoms with Gasteiger partial charge in [0, 0.05) is 38.8 Å². The van der Waals surface area contributed by atoms with Gasteiger partial charge in [-0.2, -0.15) is 0 Å². The predicted octanol–water partition coefficient (Wildman–Crippen LogP) is 2.67. The number of rotatable bonds is 5. The van der Waals surface area contributed by atoms with Crippen molar-refractivity contribution in [3.05, 3.63) is 71.6 Å². The van der Waals surface area contributed by atoms with Gasteiger partial charge in [0.25, 0.3) is 5.91 Å². The van der Waals surface area contributed by atoms with Gasteiger partial charge in [0.05, 0.1) is 5.69 Å². The highest BCUT2D eigenvalue weighted by molar-refractivity contribution is 5.90. The van der Waals surface area contributed by atoms with Crippen LogP contribution in [0.3, 0.4) is 0 Å². The summed E-state index contributed by atoms with van der Waals surface area (Å²) in [5, 5.41) is 8.47. The zero-order chi connectivity index (χ0) is 18.4. The van der Waals surface area contributed by atoms with E-state index in [0.29, 0.717) is 5.69 Å². The second-order valence-electron chi connectivity index (χ2n) is 6.27. The first kappa shape index (κ1) is 18.1. The lowest BCUT2D eigenvalue weighted by molar-refractivity contribution is -0.124. The lowest BCUT2D eigenvalue weighted by atomic mass is 10.1. The molecule has 5 nitrogen and oxygen atoms in total. The van der Waals surface area contributed by atoms with Crippen LogP contribution in [0.5, 0.6) is 0 Å². The molecule has 0 spiro atoms. The molecule has 3 rings (SSSR count). The van der Waals surface area contributed by atoms with E-state index in [2.05, 4.69) is 9.80 Å². The molecule has 0 bridgehead atoms. The minimum atomic E-state index is -0.554. The summed E-state index contributed by atoms with van der Waals surface area (Å²) in [6, 6.07) is 14.8. The van der Waals surface area contributed by atoms with Gasteiger partial charge < -0.3 is 4.90 Å². The number of hydroxylamine groups is 1. The summed E-state index contributed by atoms with van der Waals surface area (Å²) in [4.78, 5) is 15.4. The number of hydrogen-bond donors (Lipinski definition) is 2. The van der Waals surface area contributed by atoms with Crippen molar-refractivity contribution in [3.8, 4) is 0 Å². The maximum Gasteiger partial charge on any atom is 0.267 e. The summed E-state index contributed by atoms with van der Waals surface area (Å²) >= 11 is 0. The molecule has 136 valence electrons. The molecule has 0 aliphatic carbocycles. The Hall–Kier alpha value is -2.70. The van der Waals surface area contributed by atoms with Crippen molar-refractivity contribution in [1.29, 1.82) is 0 Å². The van der Waals surface area contributed by atoms with Crippen LogP contribution < -0.4 is 10.4 Å². The fraction of sp³-hybridized carbons (Fsp3) is 0.250. The number of halogens is 1. The molecule has 0 aromatic heterocycles. The lowest BCUT2D eigenvalue weighted by Gasteiger charge is -2.36. The standard InChI is InChI=1S/C20H22FN3O2/c21-18-3-1-2-4-19(18)24-13-11-23(12-14-24)15-17-7-5-16(6-8-17)9-10-20(25)22-26/h1-10,26H,11-15H2,(H,22,25). The molecular formula is C20H22FN3O2. The second-order valence-corrected chi connectivity index (χ2v) is 6.27. The van der Waals surface area contributed by atoms with Crippen molar-refractivity contribution in [2.24, 2.45) is 0 Å². The van der Waals surface area contributed by atoms with E-state index in [9.17, 15) is 9.18 Å². The maximum atomic E-state index is 13.9. The minimum absolute atomic E-state index is 0.167. The Morgan fingerprint density at radius 2 is 1.77 bits per heavy atom. The number of amides is 1. The van der Waals surface area contributed by atoms with Crippen LogP contribution in [0.1, 0.15) is 11.1 Å². The van der Waals surface area contributed by atoms with E-state index in [0.717, 1.165) is 38.3 Å². The number of carbonyl (C=O) groups excluding carboxylic acids is 1. The van der Waals surface area contributed by atoms with Crippen LogP contribution in [0.15, 0.2) is 54.6 Å². The summed E-state index contributed by atoms with van der Waals surface area (Å²) in [5.74, 6) is -0.721. The molecule has 6 heteroatoms. The Kier molecular flexibility index (Phi) is 5.99. The monoisotopic (exact) mass is 355 g/mol. The van der Waals surface area contributed by atoms with Gasteiger partial charge in [-0.1, -0.05) is 36.4 Å². The Morgan fingerprint density at radius 1 is 1.08 bits per heavy atom. The average molecular weight is 355 g/mol. The van der Waals surface area contributed by atoms with Gasteiger partial charge in [-0.3, -0.25) is 14.9 Å². The minimum Gasteiger partial charge on any atom is -0.367 e. The predicted molar refractivity (Wildman–Crippen MR) is 99.3 cm³/mol. The van der Waals surface area contributed by atoms with Gasteiger partial charge in [-0.05, 0) is 29.3 Å². The number of benzene rings is 2. The van der Waals surface area contributed by atoms with E-state index in [4.69, 9.17) is 5.21 Å². The van der Waals surface area contributed by atoms with Crippen LogP contribution in [0.4, 0.5) is 10.1 Å². The molecule has 0 radical (unpaired) electrons. The maximum absolute atomic E-state index is 13.9. The fourth-order valence-corrected chi connectivity index (χ4v) is 3.06. The molecule has 0 atom stereocenters. The van der Waals surface area contributed by atoms with Crippen molar-refractivity contribution in [1.82, 2.24) is 10.4 Å². The molecule has 1 aliphatic rings. The molecule has 26 heavy (non-hydrogen) atoms. The molecule has 0 saturated carbocycles. The van der Waals surface area contributed by atoms with Gasteiger partial charge >= 0.3 is 0 Å². The fourth-order valence-electron chi connectivity index (χ4n) is 3.06. The van der Waals surface area contributed by atoms with E-state index < -0.39 is 5.91 Å². The Morgan fingerprint density at radius 3 is 2.42 bits per heavy atom. The molecule has 1 fully saturated rings. The van der Waals surface area contributed by atoms with E-state index in [1.54, 1.807) is 17.6 Å². The van der Waals surface area contributed by atoms with Crippen LogP contribution in [-0.2, 0) is 11.3 Å². The molecule has 2 N–H and O–H groups in total. The molecule has 1 saturated heterocycles.